The summed E-state index contributed by atoms with van der Waals surface area (Å²) in [5, 5.41) is 3.06. The van der Waals surface area contributed by atoms with Gasteiger partial charge in [-0.1, -0.05) is 0 Å². The van der Waals surface area contributed by atoms with Gasteiger partial charge in [0, 0.05) is 0 Å². The monoisotopic (exact) mass is 185 g/mol. The first-order valence-corrected chi connectivity index (χ1v) is 3.98. The first-order chi connectivity index (χ1) is 6.17. The largest absolute Gasteiger partial charge is 0.482 e. The van der Waals surface area contributed by atoms with Crippen molar-refractivity contribution in [3.05, 3.63) is 12.0 Å². The van der Waals surface area contributed by atoms with Gasteiger partial charge in [-0.2, -0.15) is 0 Å². The van der Waals surface area contributed by atoms with E-state index in [2.05, 4.69) is 10.3 Å². The summed E-state index contributed by atoms with van der Waals surface area (Å²) < 4.78 is 10.1. The molecule has 5 nitrogen and oxygen atoms in total. The molecule has 0 fully saturated rings. The molecule has 1 aliphatic heterocycles. The molecule has 0 aliphatic carbocycles. The third-order valence-electron chi connectivity index (χ3n) is 1.69. The van der Waals surface area contributed by atoms with E-state index in [0.29, 0.717) is 11.8 Å². The van der Waals surface area contributed by atoms with Gasteiger partial charge in [-0.15, -0.1) is 0 Å². The topological polar surface area (TPSA) is 46.1 Å². The van der Waals surface area contributed by atoms with Crippen molar-refractivity contribution >= 4 is 5.90 Å². The fraction of sp³-hybridized carbons (Fsp3) is 0.625. The van der Waals surface area contributed by atoms with Crippen molar-refractivity contribution in [3.63, 3.8) is 0 Å². The zero-order valence-corrected chi connectivity index (χ0v) is 8.37. The van der Waals surface area contributed by atoms with E-state index in [-0.39, 0.29) is 6.29 Å². The van der Waals surface area contributed by atoms with Crippen LogP contribution in [0.2, 0.25) is 0 Å². The first-order valence-electron chi connectivity index (χ1n) is 3.98. The van der Waals surface area contributed by atoms with Crippen molar-refractivity contribution in [1.82, 2.24) is 10.2 Å². The fourth-order valence-electron chi connectivity index (χ4n) is 0.945. The van der Waals surface area contributed by atoms with Crippen LogP contribution in [0.1, 0.15) is 0 Å². The summed E-state index contributed by atoms with van der Waals surface area (Å²) in [7, 11) is 7.03. The second-order valence-electron chi connectivity index (χ2n) is 2.87. The van der Waals surface area contributed by atoms with E-state index in [1.807, 2.05) is 19.0 Å². The number of hydrogen-bond donors (Lipinski definition) is 1. The summed E-state index contributed by atoms with van der Waals surface area (Å²) in [6.07, 6.45) is 1.58. The second kappa shape index (κ2) is 4.13. The van der Waals surface area contributed by atoms with Crippen LogP contribution in [0.3, 0.4) is 0 Å². The van der Waals surface area contributed by atoms with Crippen LogP contribution in [0.4, 0.5) is 0 Å². The van der Waals surface area contributed by atoms with E-state index in [0.717, 1.165) is 0 Å². The van der Waals surface area contributed by atoms with Gasteiger partial charge in [-0.25, -0.2) is 4.99 Å². The van der Waals surface area contributed by atoms with Crippen molar-refractivity contribution in [2.45, 2.75) is 6.29 Å². The van der Waals surface area contributed by atoms with E-state index < -0.39 is 0 Å². The molecule has 0 saturated carbocycles. The summed E-state index contributed by atoms with van der Waals surface area (Å²) in [4.78, 5) is 6.17. The molecule has 0 aromatic heterocycles. The van der Waals surface area contributed by atoms with Crippen LogP contribution in [-0.2, 0) is 9.47 Å². The molecule has 1 aliphatic rings. The zero-order valence-electron chi connectivity index (χ0n) is 8.37. The molecule has 0 aromatic carbocycles. The SMILES string of the molecule is COC1=CC(OC)=NC(N(C)C)N1. The summed E-state index contributed by atoms with van der Waals surface area (Å²) >= 11 is 0. The summed E-state index contributed by atoms with van der Waals surface area (Å²) in [5.41, 5.74) is 0. The Morgan fingerprint density at radius 1 is 1.38 bits per heavy atom. The Hall–Kier alpha value is -1.23. The highest BCUT2D eigenvalue weighted by Crippen LogP contribution is 2.05. The number of hydrogen-bond acceptors (Lipinski definition) is 5. The van der Waals surface area contributed by atoms with E-state index in [9.17, 15) is 0 Å². The van der Waals surface area contributed by atoms with Crippen LogP contribution in [0.25, 0.3) is 0 Å². The standard InChI is InChI=1S/C8H15N3O2/c1-11(2)8-9-6(12-3)5-7(10-8)13-4/h5,8-9H,1-4H3. The highest BCUT2D eigenvalue weighted by atomic mass is 16.5. The van der Waals surface area contributed by atoms with Gasteiger partial charge >= 0.3 is 0 Å². The minimum Gasteiger partial charge on any atom is -0.482 e. The molecule has 74 valence electrons. The van der Waals surface area contributed by atoms with Crippen molar-refractivity contribution in [2.75, 3.05) is 28.3 Å². The molecular weight excluding hydrogens is 170 g/mol. The molecule has 0 bridgehead atoms. The molecule has 0 spiro atoms. The Kier molecular flexibility index (Phi) is 3.13. The zero-order chi connectivity index (χ0) is 9.84. The van der Waals surface area contributed by atoms with Crippen molar-refractivity contribution in [1.29, 1.82) is 0 Å². The van der Waals surface area contributed by atoms with Crippen LogP contribution in [-0.4, -0.2) is 45.4 Å². The van der Waals surface area contributed by atoms with Gasteiger partial charge < -0.3 is 14.8 Å². The predicted molar refractivity (Wildman–Crippen MR) is 50.1 cm³/mol. The molecule has 13 heavy (non-hydrogen) atoms. The lowest BCUT2D eigenvalue weighted by Crippen LogP contribution is -2.42. The van der Waals surface area contributed by atoms with E-state index in [1.54, 1.807) is 20.3 Å². The van der Waals surface area contributed by atoms with Gasteiger partial charge in [-0.05, 0) is 14.1 Å². The Morgan fingerprint density at radius 3 is 2.54 bits per heavy atom. The van der Waals surface area contributed by atoms with Gasteiger partial charge in [-0.3, -0.25) is 4.90 Å². The molecule has 1 atom stereocenters. The van der Waals surface area contributed by atoms with Crippen LogP contribution in [0.15, 0.2) is 17.0 Å². The van der Waals surface area contributed by atoms with Crippen molar-refractivity contribution in [2.24, 2.45) is 4.99 Å². The van der Waals surface area contributed by atoms with E-state index in [4.69, 9.17) is 9.47 Å². The Bertz CT molecular complexity index is 236. The normalized spacial score (nSPS) is 21.8. The predicted octanol–water partition coefficient (Wildman–Crippen LogP) is -0.0325. The van der Waals surface area contributed by atoms with Crippen LogP contribution in [0, 0.1) is 0 Å². The van der Waals surface area contributed by atoms with Gasteiger partial charge in [0.15, 0.2) is 12.2 Å². The maximum atomic E-state index is 5.07. The van der Waals surface area contributed by atoms with Gasteiger partial charge in [0.1, 0.15) is 0 Å². The Morgan fingerprint density at radius 2 is 2.08 bits per heavy atom. The van der Waals surface area contributed by atoms with Gasteiger partial charge in [0.05, 0.1) is 20.3 Å². The fourth-order valence-corrected chi connectivity index (χ4v) is 0.945. The van der Waals surface area contributed by atoms with Gasteiger partial charge in [0.2, 0.25) is 5.90 Å². The molecule has 1 rings (SSSR count). The number of aliphatic imine (C=N–C) groups is 1. The molecule has 1 unspecified atom stereocenters. The van der Waals surface area contributed by atoms with E-state index in [1.165, 1.54) is 0 Å². The third-order valence-corrected chi connectivity index (χ3v) is 1.69. The lowest BCUT2D eigenvalue weighted by atomic mass is 10.5. The molecule has 5 heteroatoms. The maximum Gasteiger partial charge on any atom is 0.216 e. The summed E-state index contributed by atoms with van der Waals surface area (Å²) in [5.74, 6) is 1.22. The highest BCUT2D eigenvalue weighted by Gasteiger charge is 2.17. The molecule has 1 N–H and O–H groups in total. The Balaban J connectivity index is 2.76. The van der Waals surface area contributed by atoms with Crippen LogP contribution in [0.5, 0.6) is 0 Å². The third kappa shape index (κ3) is 2.35. The number of rotatable bonds is 2. The van der Waals surface area contributed by atoms with E-state index >= 15 is 0 Å². The number of ether oxygens (including phenoxy) is 2. The van der Waals surface area contributed by atoms with Crippen molar-refractivity contribution < 1.29 is 9.47 Å². The average molecular weight is 185 g/mol. The average Bonchev–Trinajstić information content (AvgIpc) is 2.16. The minimum absolute atomic E-state index is 0.130. The van der Waals surface area contributed by atoms with Crippen LogP contribution >= 0.6 is 0 Å². The molecule has 0 saturated heterocycles. The lowest BCUT2D eigenvalue weighted by molar-refractivity contribution is 0.187. The smallest absolute Gasteiger partial charge is 0.216 e. The Labute approximate surface area is 78.0 Å². The maximum absolute atomic E-state index is 5.07. The number of methoxy groups -OCH3 is 2. The molecular formula is C8H15N3O2. The highest BCUT2D eigenvalue weighted by molar-refractivity contribution is 5.88. The quantitative estimate of drug-likeness (QED) is 0.656. The van der Waals surface area contributed by atoms with Crippen molar-refractivity contribution in [3.8, 4) is 0 Å². The lowest BCUT2D eigenvalue weighted by Gasteiger charge is -2.26. The molecule has 0 aromatic rings. The second-order valence-corrected chi connectivity index (χ2v) is 2.87. The molecule has 0 radical (unpaired) electrons. The van der Waals surface area contributed by atoms with Gasteiger partial charge in [0.25, 0.3) is 0 Å². The number of nitrogens with zero attached hydrogens (tertiary/aromatic N) is 2. The van der Waals surface area contributed by atoms with Crippen LogP contribution < -0.4 is 5.32 Å². The number of nitrogens with one attached hydrogen (secondary N) is 1. The minimum atomic E-state index is -0.130. The first kappa shape index (κ1) is 9.85. The molecule has 1 heterocycles. The molecule has 0 amide bonds. The summed E-state index contributed by atoms with van der Waals surface area (Å²) in [6, 6.07) is 0. The summed E-state index contributed by atoms with van der Waals surface area (Å²) in [6.45, 7) is 0.